The van der Waals surface area contributed by atoms with Crippen molar-refractivity contribution in [1.29, 1.82) is 0 Å². The Hall–Kier alpha value is -3.02. The summed E-state index contributed by atoms with van der Waals surface area (Å²) in [5.74, 6) is 0.715. The summed E-state index contributed by atoms with van der Waals surface area (Å²) < 4.78 is 5.93. The second kappa shape index (κ2) is 9.63. The van der Waals surface area contributed by atoms with Gasteiger partial charge < -0.3 is 19.4 Å². The number of anilines is 1. The summed E-state index contributed by atoms with van der Waals surface area (Å²) in [5, 5.41) is 0. The molecule has 0 unspecified atom stereocenters. The first-order valence-electron chi connectivity index (χ1n) is 11.1. The van der Waals surface area contributed by atoms with Crippen molar-refractivity contribution >= 4 is 17.5 Å². The summed E-state index contributed by atoms with van der Waals surface area (Å²) in [4.78, 5) is 31.1. The highest BCUT2D eigenvalue weighted by molar-refractivity contribution is 5.94. The molecule has 172 valence electrons. The molecule has 1 aliphatic heterocycles. The number of hydrogen-bond acceptors (Lipinski definition) is 4. The first kappa shape index (κ1) is 23.6. The predicted molar refractivity (Wildman–Crippen MR) is 129 cm³/mol. The summed E-state index contributed by atoms with van der Waals surface area (Å²) in [7, 11) is 3.94. The van der Waals surface area contributed by atoms with Gasteiger partial charge in [-0.2, -0.15) is 0 Å². The van der Waals surface area contributed by atoms with Crippen molar-refractivity contribution in [3.8, 4) is 5.75 Å². The van der Waals surface area contributed by atoms with Gasteiger partial charge in [0.05, 0.1) is 0 Å². The van der Waals surface area contributed by atoms with Crippen LogP contribution < -0.4 is 9.64 Å². The van der Waals surface area contributed by atoms with E-state index in [1.165, 1.54) is 5.56 Å². The molecular weight excluding hydrogens is 402 g/mol. The average molecular weight is 438 g/mol. The van der Waals surface area contributed by atoms with E-state index in [2.05, 4.69) is 33.8 Å². The fourth-order valence-corrected chi connectivity index (χ4v) is 3.83. The van der Waals surface area contributed by atoms with Crippen molar-refractivity contribution in [2.45, 2.75) is 33.1 Å². The largest absolute Gasteiger partial charge is 0.483 e. The average Bonchev–Trinajstić information content (AvgIpc) is 2.77. The predicted octanol–water partition coefficient (Wildman–Crippen LogP) is 3.72. The molecule has 1 fully saturated rings. The second-order valence-electron chi connectivity index (χ2n) is 9.65. The van der Waals surface area contributed by atoms with E-state index in [9.17, 15) is 9.59 Å². The summed E-state index contributed by atoms with van der Waals surface area (Å²) in [6.45, 7) is 10.6. The Bertz CT molecular complexity index is 953. The molecule has 0 radical (unpaired) electrons. The molecule has 1 aliphatic rings. The van der Waals surface area contributed by atoms with Gasteiger partial charge in [-0.05, 0) is 48.2 Å². The van der Waals surface area contributed by atoms with Gasteiger partial charge in [0.2, 0.25) is 0 Å². The Balaban J connectivity index is 1.54. The topological polar surface area (TPSA) is 53.1 Å². The van der Waals surface area contributed by atoms with E-state index in [0.29, 0.717) is 31.7 Å². The SMILES string of the molecule is Cc1ccc(OCC(=O)N2CCN(C(=O)c3ccc(N(C)C)cc3)CC2)c(C(C)(C)C)c1. The van der Waals surface area contributed by atoms with Gasteiger partial charge in [-0.25, -0.2) is 0 Å². The van der Waals surface area contributed by atoms with Gasteiger partial charge in [0.15, 0.2) is 6.61 Å². The normalized spacial score (nSPS) is 14.3. The number of rotatable bonds is 5. The van der Waals surface area contributed by atoms with Crippen LogP contribution in [0.3, 0.4) is 0 Å². The minimum atomic E-state index is -0.0683. The number of hydrogen-bond donors (Lipinski definition) is 0. The van der Waals surface area contributed by atoms with E-state index >= 15 is 0 Å². The molecule has 2 aromatic carbocycles. The van der Waals surface area contributed by atoms with Crippen LogP contribution >= 0.6 is 0 Å². The number of amides is 2. The van der Waals surface area contributed by atoms with E-state index in [0.717, 1.165) is 17.0 Å². The van der Waals surface area contributed by atoms with E-state index in [-0.39, 0.29) is 23.8 Å². The highest BCUT2D eigenvalue weighted by Crippen LogP contribution is 2.32. The monoisotopic (exact) mass is 437 g/mol. The van der Waals surface area contributed by atoms with Crippen molar-refractivity contribution < 1.29 is 14.3 Å². The van der Waals surface area contributed by atoms with Crippen molar-refractivity contribution in [2.75, 3.05) is 51.8 Å². The lowest BCUT2D eigenvalue weighted by molar-refractivity contribution is -0.134. The van der Waals surface area contributed by atoms with Crippen LogP contribution in [0.15, 0.2) is 42.5 Å². The van der Waals surface area contributed by atoms with Gasteiger partial charge in [0.25, 0.3) is 11.8 Å². The molecule has 2 aromatic rings. The number of carbonyl (C=O) groups is 2. The molecule has 2 amide bonds. The number of aryl methyl sites for hydroxylation is 1. The zero-order valence-electron chi connectivity index (χ0n) is 20.1. The summed E-state index contributed by atoms with van der Waals surface area (Å²) >= 11 is 0. The van der Waals surface area contributed by atoms with Gasteiger partial charge in [-0.15, -0.1) is 0 Å². The molecule has 1 saturated heterocycles. The lowest BCUT2D eigenvalue weighted by atomic mass is 9.85. The lowest BCUT2D eigenvalue weighted by Gasteiger charge is -2.35. The molecule has 1 heterocycles. The van der Waals surface area contributed by atoms with Crippen molar-refractivity contribution in [2.24, 2.45) is 0 Å². The molecule has 0 spiro atoms. The fraction of sp³-hybridized carbons (Fsp3) is 0.462. The molecule has 0 aromatic heterocycles. The molecule has 3 rings (SSSR count). The van der Waals surface area contributed by atoms with Gasteiger partial charge in [-0.3, -0.25) is 9.59 Å². The van der Waals surface area contributed by atoms with Gasteiger partial charge in [0.1, 0.15) is 5.75 Å². The first-order chi connectivity index (χ1) is 15.1. The smallest absolute Gasteiger partial charge is 0.260 e. The van der Waals surface area contributed by atoms with Crippen molar-refractivity contribution in [1.82, 2.24) is 9.80 Å². The number of ether oxygens (including phenoxy) is 1. The van der Waals surface area contributed by atoms with Crippen molar-refractivity contribution in [3.63, 3.8) is 0 Å². The van der Waals surface area contributed by atoms with Gasteiger partial charge in [-0.1, -0.05) is 38.5 Å². The van der Waals surface area contributed by atoms with Crippen LogP contribution in [-0.4, -0.2) is 68.5 Å². The minimum Gasteiger partial charge on any atom is -0.483 e. The highest BCUT2D eigenvalue weighted by Gasteiger charge is 2.26. The first-order valence-corrected chi connectivity index (χ1v) is 11.1. The van der Waals surface area contributed by atoms with E-state index in [1.54, 1.807) is 4.90 Å². The van der Waals surface area contributed by atoms with Crippen LogP contribution in [0.2, 0.25) is 0 Å². The Morgan fingerprint density at radius 1 is 0.938 bits per heavy atom. The molecule has 0 atom stereocenters. The molecule has 6 heteroatoms. The Labute approximate surface area is 191 Å². The second-order valence-corrected chi connectivity index (χ2v) is 9.65. The van der Waals surface area contributed by atoms with Crippen LogP contribution in [0.1, 0.15) is 42.3 Å². The maximum absolute atomic E-state index is 12.8. The molecule has 0 N–H and O–H groups in total. The zero-order chi connectivity index (χ0) is 23.5. The Kier molecular flexibility index (Phi) is 7.12. The Morgan fingerprint density at radius 3 is 2.09 bits per heavy atom. The number of piperazine rings is 1. The third-order valence-electron chi connectivity index (χ3n) is 5.84. The zero-order valence-corrected chi connectivity index (χ0v) is 20.1. The van der Waals surface area contributed by atoms with Crippen LogP contribution in [-0.2, 0) is 10.2 Å². The molecule has 0 bridgehead atoms. The quantitative estimate of drug-likeness (QED) is 0.715. The van der Waals surface area contributed by atoms with Gasteiger partial charge in [0, 0.05) is 51.5 Å². The van der Waals surface area contributed by atoms with E-state index in [1.807, 2.05) is 60.3 Å². The van der Waals surface area contributed by atoms with Crippen molar-refractivity contribution in [3.05, 3.63) is 59.2 Å². The molecule has 0 saturated carbocycles. The van der Waals surface area contributed by atoms with Crippen LogP contribution in [0.25, 0.3) is 0 Å². The maximum atomic E-state index is 12.8. The minimum absolute atomic E-state index is 0.00604. The van der Waals surface area contributed by atoms with Crippen LogP contribution in [0, 0.1) is 6.92 Å². The standard InChI is InChI=1S/C26H35N3O3/c1-19-7-12-23(22(17-19)26(2,3)4)32-18-24(30)28-13-15-29(16-14-28)25(31)20-8-10-21(11-9-20)27(5)6/h7-12,17H,13-16,18H2,1-6H3. The third-order valence-corrected chi connectivity index (χ3v) is 5.84. The molecule has 0 aliphatic carbocycles. The summed E-state index contributed by atoms with van der Waals surface area (Å²) in [5.41, 5.74) is 3.93. The summed E-state index contributed by atoms with van der Waals surface area (Å²) in [6.07, 6.45) is 0. The van der Waals surface area contributed by atoms with E-state index in [4.69, 9.17) is 4.74 Å². The number of nitrogens with zero attached hydrogens (tertiary/aromatic N) is 3. The number of carbonyl (C=O) groups excluding carboxylic acids is 2. The van der Waals surface area contributed by atoms with Gasteiger partial charge >= 0.3 is 0 Å². The fourth-order valence-electron chi connectivity index (χ4n) is 3.83. The Morgan fingerprint density at radius 2 is 1.53 bits per heavy atom. The summed E-state index contributed by atoms with van der Waals surface area (Å²) in [6, 6.07) is 13.7. The number of benzene rings is 2. The maximum Gasteiger partial charge on any atom is 0.260 e. The van der Waals surface area contributed by atoms with E-state index < -0.39 is 0 Å². The molecular formula is C26H35N3O3. The third kappa shape index (κ3) is 5.61. The lowest BCUT2D eigenvalue weighted by Crippen LogP contribution is -2.51. The highest BCUT2D eigenvalue weighted by atomic mass is 16.5. The van der Waals surface area contributed by atoms with Crippen LogP contribution in [0.5, 0.6) is 5.75 Å². The molecule has 32 heavy (non-hydrogen) atoms. The molecule has 6 nitrogen and oxygen atoms in total. The van der Waals surface area contributed by atoms with Crippen LogP contribution in [0.4, 0.5) is 5.69 Å².